The van der Waals surface area contributed by atoms with Gasteiger partial charge < -0.3 is 5.73 Å². The lowest BCUT2D eigenvalue weighted by Gasteiger charge is -2.15. The quantitative estimate of drug-likeness (QED) is 0.237. The molecule has 1 rings (SSSR count). The van der Waals surface area contributed by atoms with Crippen LogP contribution in [0.2, 0.25) is 0 Å². The molecular formula is C9H11N3OS. The Labute approximate surface area is 87.5 Å². The van der Waals surface area contributed by atoms with Gasteiger partial charge in [-0.3, -0.25) is 4.79 Å². The molecule has 1 aromatic carbocycles. The molecule has 0 aliphatic carbocycles. The summed E-state index contributed by atoms with van der Waals surface area (Å²) < 4.78 is 0. The van der Waals surface area contributed by atoms with Crippen molar-refractivity contribution in [3.8, 4) is 0 Å². The van der Waals surface area contributed by atoms with Gasteiger partial charge in [0.15, 0.2) is 0 Å². The van der Waals surface area contributed by atoms with Gasteiger partial charge in [0.2, 0.25) is 0 Å². The normalized spacial score (nSPS) is 9.57. The second-order valence-electron chi connectivity index (χ2n) is 2.78. The third-order valence-electron chi connectivity index (χ3n) is 1.75. The van der Waals surface area contributed by atoms with Crippen LogP contribution in [-0.4, -0.2) is 15.9 Å². The standard InChI is InChI=1S/C9H11N3OS/c1-6(14)12(11)9(13)7-4-2-3-5-8(7)10/h2-5H,10-11H2,1H3. The van der Waals surface area contributed by atoms with E-state index < -0.39 is 5.91 Å². The molecule has 0 aliphatic heterocycles. The topological polar surface area (TPSA) is 72.3 Å². The van der Waals surface area contributed by atoms with Crippen LogP contribution < -0.4 is 11.6 Å². The fourth-order valence-corrected chi connectivity index (χ4v) is 1.05. The number of nitrogens with two attached hydrogens (primary N) is 2. The minimum absolute atomic E-state index is 0.304. The molecule has 4 N–H and O–H groups in total. The van der Waals surface area contributed by atoms with Gasteiger partial charge >= 0.3 is 0 Å². The molecule has 0 saturated heterocycles. The Kier molecular flexibility index (Phi) is 3.16. The molecule has 5 heteroatoms. The number of hydrogen-bond donors (Lipinski definition) is 2. The summed E-state index contributed by atoms with van der Waals surface area (Å²) >= 11 is 4.78. The predicted molar refractivity (Wildman–Crippen MR) is 59.5 cm³/mol. The maximum atomic E-state index is 11.6. The second-order valence-corrected chi connectivity index (χ2v) is 3.37. The van der Waals surface area contributed by atoms with Crippen LogP contribution >= 0.6 is 12.2 Å². The Bertz CT molecular complexity index is 378. The van der Waals surface area contributed by atoms with Gasteiger partial charge in [-0.2, -0.15) is 0 Å². The van der Waals surface area contributed by atoms with E-state index in [4.69, 9.17) is 23.8 Å². The number of hydrogen-bond acceptors (Lipinski definition) is 4. The summed E-state index contributed by atoms with van der Waals surface area (Å²) in [5.74, 6) is 5.05. The van der Waals surface area contributed by atoms with Gasteiger partial charge in [0.05, 0.1) is 10.6 Å². The first-order valence-electron chi connectivity index (χ1n) is 3.98. The molecule has 0 aliphatic rings. The minimum atomic E-state index is -0.393. The molecule has 14 heavy (non-hydrogen) atoms. The van der Waals surface area contributed by atoms with Crippen molar-refractivity contribution in [2.75, 3.05) is 5.73 Å². The average molecular weight is 209 g/mol. The van der Waals surface area contributed by atoms with Gasteiger partial charge in [-0.05, 0) is 19.1 Å². The number of carbonyl (C=O) groups is 1. The highest BCUT2D eigenvalue weighted by Crippen LogP contribution is 2.12. The van der Waals surface area contributed by atoms with Crippen LogP contribution in [0.5, 0.6) is 0 Å². The molecule has 0 atom stereocenters. The molecular weight excluding hydrogens is 198 g/mol. The van der Waals surface area contributed by atoms with Crippen molar-refractivity contribution in [1.82, 2.24) is 5.01 Å². The number of hydrazine groups is 1. The number of rotatable bonds is 1. The molecule has 0 heterocycles. The first kappa shape index (κ1) is 10.6. The van der Waals surface area contributed by atoms with E-state index in [-0.39, 0.29) is 0 Å². The van der Waals surface area contributed by atoms with Crippen molar-refractivity contribution in [3.05, 3.63) is 29.8 Å². The summed E-state index contributed by atoms with van der Waals surface area (Å²) in [7, 11) is 0. The van der Waals surface area contributed by atoms with E-state index >= 15 is 0 Å². The minimum Gasteiger partial charge on any atom is -0.398 e. The second kappa shape index (κ2) is 4.17. The molecule has 1 amide bonds. The summed E-state index contributed by atoms with van der Waals surface area (Å²) in [5, 5.41) is 0.904. The van der Waals surface area contributed by atoms with Crippen LogP contribution in [-0.2, 0) is 0 Å². The van der Waals surface area contributed by atoms with E-state index in [0.717, 1.165) is 5.01 Å². The fraction of sp³-hybridized carbons (Fsp3) is 0.111. The zero-order valence-corrected chi connectivity index (χ0v) is 8.54. The lowest BCUT2D eigenvalue weighted by atomic mass is 10.1. The summed E-state index contributed by atoms with van der Waals surface area (Å²) in [4.78, 5) is 11.9. The summed E-state index contributed by atoms with van der Waals surface area (Å²) in [6.07, 6.45) is 0. The SMILES string of the molecule is CC(=S)N(N)C(=O)c1ccccc1N. The largest absolute Gasteiger partial charge is 0.398 e. The molecule has 0 fully saturated rings. The van der Waals surface area contributed by atoms with Crippen molar-refractivity contribution in [3.63, 3.8) is 0 Å². The Morgan fingerprint density at radius 2 is 2.00 bits per heavy atom. The number of anilines is 1. The zero-order chi connectivity index (χ0) is 10.7. The van der Waals surface area contributed by atoms with Crippen molar-refractivity contribution in [2.45, 2.75) is 6.92 Å². The van der Waals surface area contributed by atoms with Crippen LogP contribution in [0.15, 0.2) is 24.3 Å². The lowest BCUT2D eigenvalue weighted by Crippen LogP contribution is -2.40. The summed E-state index contributed by atoms with van der Waals surface area (Å²) in [6, 6.07) is 6.71. The monoisotopic (exact) mass is 209 g/mol. The molecule has 74 valence electrons. The molecule has 0 radical (unpaired) electrons. The molecule has 0 bridgehead atoms. The molecule has 1 aromatic rings. The van der Waals surface area contributed by atoms with Gasteiger partial charge in [-0.1, -0.05) is 24.4 Å². The highest BCUT2D eigenvalue weighted by molar-refractivity contribution is 7.80. The Hall–Kier alpha value is -1.46. The van der Waals surface area contributed by atoms with Crippen LogP contribution in [0.1, 0.15) is 17.3 Å². The third-order valence-corrected chi connectivity index (χ3v) is 1.95. The van der Waals surface area contributed by atoms with Crippen molar-refractivity contribution >= 4 is 28.8 Å². The number of nitrogens with zero attached hydrogens (tertiary/aromatic N) is 1. The van der Waals surface area contributed by atoms with Gasteiger partial charge in [0.1, 0.15) is 0 Å². The van der Waals surface area contributed by atoms with E-state index in [1.165, 1.54) is 0 Å². The van der Waals surface area contributed by atoms with Gasteiger partial charge in [-0.25, -0.2) is 10.9 Å². The van der Waals surface area contributed by atoms with E-state index in [1.54, 1.807) is 31.2 Å². The van der Waals surface area contributed by atoms with Crippen molar-refractivity contribution in [2.24, 2.45) is 5.84 Å². The smallest absolute Gasteiger partial charge is 0.275 e. The maximum Gasteiger partial charge on any atom is 0.275 e. The highest BCUT2D eigenvalue weighted by Gasteiger charge is 2.15. The first-order chi connectivity index (χ1) is 6.54. The number of amides is 1. The molecule has 0 unspecified atom stereocenters. The van der Waals surface area contributed by atoms with E-state index in [0.29, 0.717) is 16.2 Å². The molecule has 0 spiro atoms. The Morgan fingerprint density at radius 3 is 2.50 bits per heavy atom. The van der Waals surface area contributed by atoms with Crippen molar-refractivity contribution < 1.29 is 4.79 Å². The average Bonchev–Trinajstić information content (AvgIpc) is 2.16. The van der Waals surface area contributed by atoms with Crippen LogP contribution in [0.25, 0.3) is 0 Å². The highest BCUT2D eigenvalue weighted by atomic mass is 32.1. The zero-order valence-electron chi connectivity index (χ0n) is 7.73. The molecule has 0 saturated carbocycles. The molecule has 0 aromatic heterocycles. The molecule has 4 nitrogen and oxygen atoms in total. The number of para-hydroxylation sites is 1. The van der Waals surface area contributed by atoms with E-state index in [1.807, 2.05) is 0 Å². The van der Waals surface area contributed by atoms with Gasteiger partial charge in [0.25, 0.3) is 5.91 Å². The first-order valence-corrected chi connectivity index (χ1v) is 4.39. The van der Waals surface area contributed by atoms with Crippen LogP contribution in [0, 0.1) is 0 Å². The predicted octanol–water partition coefficient (Wildman–Crippen LogP) is 0.932. The van der Waals surface area contributed by atoms with E-state index in [2.05, 4.69) is 0 Å². The van der Waals surface area contributed by atoms with Gasteiger partial charge in [0, 0.05) is 5.69 Å². The summed E-state index contributed by atoms with van der Waals surface area (Å²) in [6.45, 7) is 1.58. The third kappa shape index (κ3) is 2.07. The maximum absolute atomic E-state index is 11.6. The number of nitrogen functional groups attached to an aromatic ring is 1. The van der Waals surface area contributed by atoms with E-state index in [9.17, 15) is 4.79 Å². The Morgan fingerprint density at radius 1 is 1.43 bits per heavy atom. The van der Waals surface area contributed by atoms with Crippen LogP contribution in [0.3, 0.4) is 0 Å². The lowest BCUT2D eigenvalue weighted by molar-refractivity contribution is 0.0850. The Balaban J connectivity index is 3.01. The number of benzene rings is 1. The van der Waals surface area contributed by atoms with Gasteiger partial charge in [-0.15, -0.1) is 0 Å². The summed E-state index contributed by atoms with van der Waals surface area (Å²) in [5.41, 5.74) is 6.37. The number of carbonyl (C=O) groups excluding carboxylic acids is 1. The fourth-order valence-electron chi connectivity index (χ4n) is 0.965. The van der Waals surface area contributed by atoms with Crippen molar-refractivity contribution in [1.29, 1.82) is 0 Å². The van der Waals surface area contributed by atoms with Crippen LogP contribution in [0.4, 0.5) is 5.69 Å². The number of thiocarbonyl (C=S) groups is 1.